The highest BCUT2D eigenvalue weighted by molar-refractivity contribution is 4.72. The van der Waals surface area contributed by atoms with Gasteiger partial charge in [0.1, 0.15) is 0 Å². The summed E-state index contributed by atoms with van der Waals surface area (Å²) in [6.07, 6.45) is 3.75. The zero-order valence-corrected chi connectivity index (χ0v) is 4.48. The fourth-order valence-electron chi connectivity index (χ4n) is 0.879. The summed E-state index contributed by atoms with van der Waals surface area (Å²) >= 11 is 0. The van der Waals surface area contributed by atoms with Gasteiger partial charge in [0.2, 0.25) is 0 Å². The van der Waals surface area contributed by atoms with Gasteiger partial charge < -0.3 is 5.32 Å². The minimum Gasteiger partial charge on any atom is -0.314 e. The lowest BCUT2D eigenvalue weighted by molar-refractivity contribution is 0.452. The highest BCUT2D eigenvalue weighted by atomic mass is 14.9. The molecule has 1 aliphatic heterocycles. The fraction of sp³-hybridized carbons (Fsp3) is 0.833. The highest BCUT2D eigenvalue weighted by Gasteiger charge is 2.04. The summed E-state index contributed by atoms with van der Waals surface area (Å²) in [5.41, 5.74) is 0. The van der Waals surface area contributed by atoms with Gasteiger partial charge in [0.15, 0.2) is 0 Å². The molecule has 0 aromatic rings. The number of rotatable bonds is 0. The Morgan fingerprint density at radius 3 is 2.57 bits per heavy atom. The molecule has 1 heteroatoms. The average Bonchev–Trinajstić information content (AvgIpc) is 1.69. The molecule has 2 radical (unpaired) electrons. The summed E-state index contributed by atoms with van der Waals surface area (Å²) in [5.74, 6) is 0. The van der Waals surface area contributed by atoms with Crippen LogP contribution in [0.15, 0.2) is 0 Å². The van der Waals surface area contributed by atoms with Gasteiger partial charge in [-0.2, -0.15) is 0 Å². The number of hydrogen-bond acceptors (Lipinski definition) is 1. The molecule has 0 aromatic heterocycles. The fourth-order valence-corrected chi connectivity index (χ4v) is 0.879. The first-order chi connectivity index (χ1) is 3.39. The first-order valence-electron chi connectivity index (χ1n) is 2.88. The summed E-state index contributed by atoms with van der Waals surface area (Å²) in [6, 6.07) is 0.286. The zero-order valence-electron chi connectivity index (χ0n) is 4.48. The smallest absolute Gasteiger partial charge is 0.0102 e. The predicted octanol–water partition coefficient (Wildman–Crippen LogP) is 0.840. The first kappa shape index (κ1) is 5.10. The van der Waals surface area contributed by atoms with Crippen molar-refractivity contribution in [3.8, 4) is 0 Å². The van der Waals surface area contributed by atoms with Crippen molar-refractivity contribution < 1.29 is 0 Å². The van der Waals surface area contributed by atoms with Gasteiger partial charge in [-0.1, -0.05) is 6.42 Å². The average molecular weight is 97.2 g/mol. The van der Waals surface area contributed by atoms with Crippen molar-refractivity contribution in [2.24, 2.45) is 0 Å². The molecule has 0 amide bonds. The Labute approximate surface area is 45.1 Å². The second-order valence-electron chi connectivity index (χ2n) is 2.06. The number of piperidine rings is 1. The SMILES string of the molecule is [CH]C1CCCCN1. The maximum atomic E-state index is 5.52. The van der Waals surface area contributed by atoms with E-state index in [4.69, 9.17) is 6.92 Å². The molecule has 1 heterocycles. The molecule has 1 rings (SSSR count). The molecule has 0 aromatic carbocycles. The summed E-state index contributed by atoms with van der Waals surface area (Å²) in [6.45, 7) is 6.64. The molecular weight excluding hydrogens is 86.1 g/mol. The Balaban J connectivity index is 2.12. The van der Waals surface area contributed by atoms with Gasteiger partial charge in [0.05, 0.1) is 0 Å². The number of nitrogens with one attached hydrogen (secondary N) is 1. The maximum absolute atomic E-state index is 5.52. The second-order valence-corrected chi connectivity index (χ2v) is 2.06. The van der Waals surface area contributed by atoms with E-state index in [-0.39, 0.29) is 6.04 Å². The van der Waals surface area contributed by atoms with E-state index in [1.807, 2.05) is 0 Å². The van der Waals surface area contributed by atoms with Crippen LogP contribution in [0, 0.1) is 6.92 Å². The lowest BCUT2D eigenvalue weighted by Gasteiger charge is -2.17. The standard InChI is InChI=1S/C6H11N/c1-6-4-2-3-5-7-6/h1,6-7H,2-5H2. The lowest BCUT2D eigenvalue weighted by atomic mass is 10.1. The van der Waals surface area contributed by atoms with Gasteiger partial charge in [-0.05, 0) is 26.3 Å². The maximum Gasteiger partial charge on any atom is 0.0102 e. The molecule has 1 unspecified atom stereocenters. The molecule has 40 valence electrons. The largest absolute Gasteiger partial charge is 0.314 e. The Hall–Kier alpha value is -0.0400. The molecule has 0 aliphatic carbocycles. The van der Waals surface area contributed by atoms with Gasteiger partial charge in [-0.3, -0.25) is 0 Å². The van der Waals surface area contributed by atoms with Crippen LogP contribution in [-0.2, 0) is 0 Å². The third-order valence-corrected chi connectivity index (χ3v) is 1.35. The monoisotopic (exact) mass is 97.1 g/mol. The second kappa shape index (κ2) is 2.31. The van der Waals surface area contributed by atoms with Crippen LogP contribution in [0.2, 0.25) is 0 Å². The van der Waals surface area contributed by atoms with E-state index >= 15 is 0 Å². The third-order valence-electron chi connectivity index (χ3n) is 1.35. The predicted molar refractivity (Wildman–Crippen MR) is 29.9 cm³/mol. The summed E-state index contributed by atoms with van der Waals surface area (Å²) in [5, 5.41) is 3.16. The van der Waals surface area contributed by atoms with Gasteiger partial charge in [-0.15, -0.1) is 0 Å². The van der Waals surface area contributed by atoms with Gasteiger partial charge in [-0.25, -0.2) is 0 Å². The Morgan fingerprint density at radius 1 is 1.43 bits per heavy atom. The lowest BCUT2D eigenvalue weighted by Crippen LogP contribution is -2.31. The van der Waals surface area contributed by atoms with Gasteiger partial charge in [0, 0.05) is 6.04 Å². The molecular formula is C6H11N. The van der Waals surface area contributed by atoms with E-state index in [9.17, 15) is 0 Å². The molecule has 1 nitrogen and oxygen atoms in total. The molecule has 7 heavy (non-hydrogen) atoms. The van der Waals surface area contributed by atoms with Crippen LogP contribution in [0.1, 0.15) is 19.3 Å². The minimum absolute atomic E-state index is 0.286. The molecule has 1 aliphatic rings. The summed E-state index contributed by atoms with van der Waals surface area (Å²) < 4.78 is 0. The normalized spacial score (nSPS) is 33.0. The van der Waals surface area contributed by atoms with Crippen LogP contribution in [0.4, 0.5) is 0 Å². The van der Waals surface area contributed by atoms with E-state index < -0.39 is 0 Å². The molecule has 1 fully saturated rings. The molecule has 1 N–H and O–H groups in total. The van der Waals surface area contributed by atoms with Crippen molar-refractivity contribution >= 4 is 0 Å². The van der Waals surface area contributed by atoms with Crippen LogP contribution in [0.25, 0.3) is 0 Å². The molecule has 1 atom stereocenters. The van der Waals surface area contributed by atoms with E-state index in [0.29, 0.717) is 0 Å². The van der Waals surface area contributed by atoms with E-state index in [0.717, 1.165) is 13.0 Å². The first-order valence-corrected chi connectivity index (χ1v) is 2.88. The van der Waals surface area contributed by atoms with Crippen LogP contribution < -0.4 is 5.32 Å². The highest BCUT2D eigenvalue weighted by Crippen LogP contribution is 2.04. The van der Waals surface area contributed by atoms with Gasteiger partial charge >= 0.3 is 0 Å². The third kappa shape index (κ3) is 1.48. The Bertz CT molecular complexity index is 46.1. The molecule has 0 spiro atoms. The van der Waals surface area contributed by atoms with E-state index in [1.54, 1.807) is 0 Å². The quantitative estimate of drug-likeness (QED) is 0.472. The van der Waals surface area contributed by atoms with Crippen molar-refractivity contribution in [3.63, 3.8) is 0 Å². The van der Waals surface area contributed by atoms with Crippen molar-refractivity contribution in [3.05, 3.63) is 6.92 Å². The Morgan fingerprint density at radius 2 is 2.29 bits per heavy atom. The van der Waals surface area contributed by atoms with E-state index in [1.165, 1.54) is 12.8 Å². The molecule has 1 saturated heterocycles. The van der Waals surface area contributed by atoms with Crippen LogP contribution in [-0.4, -0.2) is 12.6 Å². The van der Waals surface area contributed by atoms with Gasteiger partial charge in [0.25, 0.3) is 0 Å². The molecule has 0 saturated carbocycles. The van der Waals surface area contributed by atoms with Crippen molar-refractivity contribution in [1.82, 2.24) is 5.32 Å². The van der Waals surface area contributed by atoms with Crippen molar-refractivity contribution in [2.75, 3.05) is 6.54 Å². The molecule has 0 bridgehead atoms. The zero-order chi connectivity index (χ0) is 5.11. The van der Waals surface area contributed by atoms with Crippen LogP contribution in [0.5, 0.6) is 0 Å². The Kier molecular flexibility index (Phi) is 1.69. The minimum atomic E-state index is 0.286. The van der Waals surface area contributed by atoms with Crippen molar-refractivity contribution in [2.45, 2.75) is 25.3 Å². The summed E-state index contributed by atoms with van der Waals surface area (Å²) in [4.78, 5) is 0. The number of hydrogen-bond donors (Lipinski definition) is 1. The topological polar surface area (TPSA) is 12.0 Å². The van der Waals surface area contributed by atoms with Crippen molar-refractivity contribution in [1.29, 1.82) is 0 Å². The van der Waals surface area contributed by atoms with Crippen LogP contribution in [0.3, 0.4) is 0 Å². The van der Waals surface area contributed by atoms with Crippen LogP contribution >= 0.6 is 0 Å². The van der Waals surface area contributed by atoms with E-state index in [2.05, 4.69) is 5.32 Å². The summed E-state index contributed by atoms with van der Waals surface area (Å²) in [7, 11) is 0.